The van der Waals surface area contributed by atoms with E-state index in [-0.39, 0.29) is 0 Å². The first-order valence-electron chi connectivity index (χ1n) is 6.09. The lowest BCUT2D eigenvalue weighted by Gasteiger charge is -2.00. The molecule has 0 fully saturated rings. The molecule has 0 saturated heterocycles. The molecule has 2 aromatic heterocycles. The smallest absolute Gasteiger partial charge is 0.143 e. The third-order valence-electron chi connectivity index (χ3n) is 2.91. The van der Waals surface area contributed by atoms with Gasteiger partial charge >= 0.3 is 0 Å². The first-order valence-corrected chi connectivity index (χ1v) is 9.29. The van der Waals surface area contributed by atoms with Gasteiger partial charge in [-0.1, -0.05) is 28.1 Å². The average Bonchev–Trinajstić information content (AvgIpc) is 2.80. The molecular weight excluding hydrogens is 480 g/mol. The topological polar surface area (TPSA) is 25.8 Å². The van der Waals surface area contributed by atoms with Gasteiger partial charge in [-0.3, -0.25) is 4.98 Å². The van der Waals surface area contributed by atoms with E-state index in [9.17, 15) is 0 Å². The minimum atomic E-state index is 0.868. The molecule has 0 N–H and O–H groups in total. The maximum Gasteiger partial charge on any atom is 0.143 e. The van der Waals surface area contributed by atoms with Crippen LogP contribution >= 0.6 is 59.1 Å². The van der Waals surface area contributed by atoms with E-state index in [2.05, 4.69) is 71.8 Å². The van der Waals surface area contributed by atoms with Crippen molar-refractivity contribution in [1.82, 2.24) is 9.97 Å². The van der Waals surface area contributed by atoms with Gasteiger partial charge in [0.25, 0.3) is 0 Å². The quantitative estimate of drug-likeness (QED) is 0.413. The third kappa shape index (κ3) is 3.28. The highest BCUT2D eigenvalue weighted by Crippen LogP contribution is 2.36. The number of thiazole rings is 1. The summed E-state index contributed by atoms with van der Waals surface area (Å²) in [5.41, 5.74) is 2.98. The zero-order chi connectivity index (χ0) is 15.0. The minimum Gasteiger partial charge on any atom is -0.251 e. The Kier molecular flexibility index (Phi) is 4.59. The van der Waals surface area contributed by atoms with Crippen molar-refractivity contribution in [3.8, 4) is 22.0 Å². The maximum atomic E-state index is 4.77. The van der Waals surface area contributed by atoms with Crippen LogP contribution in [0.5, 0.6) is 0 Å². The van der Waals surface area contributed by atoms with E-state index in [1.165, 1.54) is 4.88 Å². The summed E-state index contributed by atoms with van der Waals surface area (Å²) in [6, 6.07) is 10.2. The van der Waals surface area contributed by atoms with E-state index in [1.807, 2.05) is 18.2 Å². The normalized spacial score (nSPS) is 10.9. The van der Waals surface area contributed by atoms with Crippen molar-refractivity contribution < 1.29 is 0 Å². The molecule has 6 heteroatoms. The van der Waals surface area contributed by atoms with Gasteiger partial charge < -0.3 is 0 Å². The number of hydrogen-bond acceptors (Lipinski definition) is 3. The molecule has 106 valence electrons. The Bertz CT molecular complexity index is 814. The van der Waals surface area contributed by atoms with Gasteiger partial charge in [0, 0.05) is 30.1 Å². The summed E-state index contributed by atoms with van der Waals surface area (Å²) in [7, 11) is 0. The van der Waals surface area contributed by atoms with Crippen molar-refractivity contribution in [2.75, 3.05) is 0 Å². The molecule has 3 rings (SSSR count). The molecule has 1 aromatic carbocycles. The molecule has 0 aliphatic carbocycles. The van der Waals surface area contributed by atoms with Crippen LogP contribution < -0.4 is 0 Å². The Labute approximate surface area is 152 Å². The molecule has 0 atom stereocenters. The van der Waals surface area contributed by atoms with Crippen LogP contribution in [0.2, 0.25) is 0 Å². The molecule has 0 unspecified atom stereocenters. The summed E-state index contributed by atoms with van der Waals surface area (Å²) >= 11 is 12.1. The van der Waals surface area contributed by atoms with Crippen LogP contribution in [0.3, 0.4) is 0 Å². The second kappa shape index (κ2) is 6.28. The second-order valence-electron chi connectivity index (χ2n) is 4.42. The van der Waals surface area contributed by atoms with Crippen molar-refractivity contribution in [2.45, 2.75) is 6.92 Å². The van der Waals surface area contributed by atoms with Crippen LogP contribution in [0, 0.1) is 6.92 Å². The first-order chi connectivity index (χ1) is 10.0. The molecule has 0 bridgehead atoms. The van der Waals surface area contributed by atoms with Crippen molar-refractivity contribution >= 4 is 59.1 Å². The van der Waals surface area contributed by atoms with Crippen molar-refractivity contribution in [3.05, 3.63) is 54.8 Å². The van der Waals surface area contributed by atoms with E-state index in [4.69, 9.17) is 4.98 Å². The number of benzene rings is 1. The fraction of sp³-hybridized carbons (Fsp3) is 0.0667. The SMILES string of the molecule is Cc1sc(-c2ncc(Br)cc2Br)nc1-c1cccc(Br)c1. The second-order valence-corrected chi connectivity index (χ2v) is 8.31. The van der Waals surface area contributed by atoms with Gasteiger partial charge in [-0.25, -0.2) is 4.98 Å². The molecule has 0 amide bonds. The summed E-state index contributed by atoms with van der Waals surface area (Å²) in [6.07, 6.45) is 1.79. The van der Waals surface area contributed by atoms with Crippen LogP contribution in [0.4, 0.5) is 0 Å². The monoisotopic (exact) mass is 486 g/mol. The van der Waals surface area contributed by atoms with E-state index < -0.39 is 0 Å². The van der Waals surface area contributed by atoms with Crippen LogP contribution in [-0.4, -0.2) is 9.97 Å². The van der Waals surface area contributed by atoms with Gasteiger partial charge in [-0.15, -0.1) is 11.3 Å². The first kappa shape index (κ1) is 15.3. The lowest BCUT2D eigenvalue weighted by molar-refractivity contribution is 1.26. The Morgan fingerprint density at radius 3 is 2.52 bits per heavy atom. The van der Waals surface area contributed by atoms with Crippen molar-refractivity contribution in [3.63, 3.8) is 0 Å². The molecule has 0 saturated carbocycles. The van der Waals surface area contributed by atoms with Gasteiger partial charge in [0.2, 0.25) is 0 Å². The van der Waals surface area contributed by atoms with Gasteiger partial charge in [0.1, 0.15) is 10.7 Å². The highest BCUT2D eigenvalue weighted by molar-refractivity contribution is 9.11. The Hall–Kier alpha value is -0.560. The predicted molar refractivity (Wildman–Crippen MR) is 98.6 cm³/mol. The highest BCUT2D eigenvalue weighted by Gasteiger charge is 2.14. The lowest BCUT2D eigenvalue weighted by Crippen LogP contribution is -1.85. The largest absolute Gasteiger partial charge is 0.251 e. The number of hydrogen-bond donors (Lipinski definition) is 0. The fourth-order valence-electron chi connectivity index (χ4n) is 1.97. The molecule has 0 radical (unpaired) electrons. The summed E-state index contributed by atoms with van der Waals surface area (Å²) in [6.45, 7) is 2.09. The predicted octanol–water partition coefficient (Wildman–Crippen LogP) is 6.47. The Morgan fingerprint density at radius 1 is 1.00 bits per heavy atom. The molecule has 0 spiro atoms. The van der Waals surface area contributed by atoms with Gasteiger partial charge in [-0.2, -0.15) is 0 Å². The summed E-state index contributed by atoms with van der Waals surface area (Å²) in [4.78, 5) is 10.4. The molecule has 0 aliphatic heterocycles. The molecular formula is C15H9Br3N2S. The van der Waals surface area contributed by atoms with Gasteiger partial charge in [0.05, 0.1) is 5.69 Å². The van der Waals surface area contributed by atoms with E-state index in [1.54, 1.807) is 17.5 Å². The molecule has 3 aromatic rings. The molecule has 21 heavy (non-hydrogen) atoms. The molecule has 2 nitrogen and oxygen atoms in total. The third-order valence-corrected chi connectivity index (χ3v) is 5.41. The number of aryl methyl sites for hydroxylation is 1. The molecule has 0 aliphatic rings. The Balaban J connectivity index is 2.09. The summed E-state index contributed by atoms with van der Waals surface area (Å²) < 4.78 is 2.93. The standard InChI is InChI=1S/C15H9Br3N2S/c1-8-13(9-3-2-4-10(16)5-9)20-15(21-8)14-12(18)6-11(17)7-19-14/h2-7H,1H3. The summed E-state index contributed by atoms with van der Waals surface area (Å²) in [5.74, 6) is 0. The van der Waals surface area contributed by atoms with Crippen LogP contribution in [0.1, 0.15) is 4.88 Å². The maximum absolute atomic E-state index is 4.77. The van der Waals surface area contributed by atoms with Crippen LogP contribution in [-0.2, 0) is 0 Å². The average molecular weight is 489 g/mol. The Morgan fingerprint density at radius 2 is 1.81 bits per heavy atom. The van der Waals surface area contributed by atoms with Gasteiger partial charge in [0.15, 0.2) is 0 Å². The molecule has 2 heterocycles. The zero-order valence-electron chi connectivity index (χ0n) is 10.9. The van der Waals surface area contributed by atoms with E-state index in [0.717, 1.165) is 35.4 Å². The number of aromatic nitrogens is 2. The van der Waals surface area contributed by atoms with Crippen LogP contribution in [0.15, 0.2) is 49.9 Å². The van der Waals surface area contributed by atoms with E-state index in [0.29, 0.717) is 0 Å². The minimum absolute atomic E-state index is 0.868. The number of pyridine rings is 1. The number of rotatable bonds is 2. The van der Waals surface area contributed by atoms with Crippen molar-refractivity contribution in [1.29, 1.82) is 0 Å². The van der Waals surface area contributed by atoms with Gasteiger partial charge in [-0.05, 0) is 57.0 Å². The number of nitrogens with zero attached hydrogens (tertiary/aromatic N) is 2. The zero-order valence-corrected chi connectivity index (χ0v) is 16.5. The fourth-order valence-corrected chi connectivity index (χ4v) is 4.63. The summed E-state index contributed by atoms with van der Waals surface area (Å²) in [5, 5.41) is 0.918. The number of halogens is 3. The van der Waals surface area contributed by atoms with Crippen LogP contribution in [0.25, 0.3) is 22.0 Å². The van der Waals surface area contributed by atoms with E-state index >= 15 is 0 Å². The highest BCUT2D eigenvalue weighted by atomic mass is 79.9. The van der Waals surface area contributed by atoms with Crippen molar-refractivity contribution in [2.24, 2.45) is 0 Å². The lowest BCUT2D eigenvalue weighted by atomic mass is 10.1.